The van der Waals surface area contributed by atoms with E-state index in [2.05, 4.69) is 41.2 Å². The Labute approximate surface area is 386 Å². The van der Waals surface area contributed by atoms with Gasteiger partial charge in [-0.2, -0.15) is 0 Å². The molecule has 1 aliphatic heterocycles. The van der Waals surface area contributed by atoms with Gasteiger partial charge in [0.25, 0.3) is 0 Å². The molecule has 362 valence electrons. The number of nitrogens with two attached hydrogens (primary N) is 1. The fraction of sp³-hybridized carbons (Fsp3) is 0.723. The third-order valence-corrected chi connectivity index (χ3v) is 13.2. The summed E-state index contributed by atoms with van der Waals surface area (Å²) in [6.07, 6.45) is 5.02. The summed E-state index contributed by atoms with van der Waals surface area (Å²) >= 11 is 1.50. The average Bonchev–Trinajstić information content (AvgIpc) is 4.01. The number of thiazole rings is 1. The number of nitrogens with zero attached hydrogens (tertiary/aromatic N) is 4. The lowest BCUT2D eigenvalue weighted by Gasteiger charge is -2.41. The number of ether oxygens (including phenoxy) is 4. The topological polar surface area (TPSA) is 187 Å². The molecule has 0 bridgehead atoms. The normalized spacial score (nSPS) is 17.4. The number of carbonyl (C=O) groups is 4. The number of rotatable bonds is 32. The van der Waals surface area contributed by atoms with Gasteiger partial charge in [-0.3, -0.25) is 24.1 Å². The number of unbranched alkanes of at least 4 members (excludes halogenated alkanes) is 1. The molecule has 16 nitrogen and oxygen atoms in total. The predicted molar refractivity (Wildman–Crippen MR) is 249 cm³/mol. The first kappa shape index (κ1) is 54.8. The highest BCUT2D eigenvalue weighted by atomic mass is 32.1. The fourth-order valence-electron chi connectivity index (χ4n) is 8.72. The lowest BCUT2D eigenvalue weighted by atomic mass is 9.89. The second kappa shape index (κ2) is 29.9. The zero-order valence-corrected chi connectivity index (χ0v) is 40.8. The number of likely N-dealkylation sites (N-methyl/N-ethyl adjacent to an activating group) is 1. The molecule has 1 aromatic carbocycles. The van der Waals surface area contributed by atoms with Crippen LogP contribution in [0.1, 0.15) is 96.7 Å². The molecule has 2 aromatic rings. The van der Waals surface area contributed by atoms with Crippen LogP contribution in [0.5, 0.6) is 0 Å². The molecule has 4 N–H and O–H groups in total. The summed E-state index contributed by atoms with van der Waals surface area (Å²) in [7, 11) is 5.06. The highest BCUT2D eigenvalue weighted by Crippen LogP contribution is 2.30. The number of carbonyl (C=O) groups excluding carboxylic acids is 4. The van der Waals surface area contributed by atoms with Crippen molar-refractivity contribution in [3.05, 3.63) is 52.5 Å². The van der Waals surface area contributed by atoms with Crippen molar-refractivity contribution in [3.63, 3.8) is 0 Å². The van der Waals surface area contributed by atoms with Gasteiger partial charge < -0.3 is 44.2 Å². The van der Waals surface area contributed by atoms with Crippen molar-refractivity contribution in [2.75, 3.05) is 80.5 Å². The van der Waals surface area contributed by atoms with Crippen molar-refractivity contribution < 1.29 is 43.0 Å². The summed E-state index contributed by atoms with van der Waals surface area (Å²) in [6.45, 7) is 15.2. The van der Waals surface area contributed by atoms with Crippen molar-refractivity contribution in [2.24, 2.45) is 23.7 Å². The number of hydrogen-bond acceptors (Lipinski definition) is 13. The van der Waals surface area contributed by atoms with Gasteiger partial charge in [-0.15, -0.1) is 11.3 Å². The average molecular weight is 918 g/mol. The van der Waals surface area contributed by atoms with Crippen LogP contribution in [0.4, 0.5) is 0 Å². The monoisotopic (exact) mass is 918 g/mol. The van der Waals surface area contributed by atoms with E-state index in [0.717, 1.165) is 36.3 Å². The number of amides is 4. The highest BCUT2D eigenvalue weighted by Gasteiger charge is 2.43. The molecular weight excluding hydrogens is 839 g/mol. The van der Waals surface area contributed by atoms with Gasteiger partial charge >= 0.3 is 0 Å². The van der Waals surface area contributed by atoms with Gasteiger partial charge in [-0.25, -0.2) is 10.9 Å². The summed E-state index contributed by atoms with van der Waals surface area (Å²) in [5, 5.41) is 8.91. The molecule has 1 saturated heterocycles. The summed E-state index contributed by atoms with van der Waals surface area (Å²) in [5.41, 5.74) is 1.09. The summed E-state index contributed by atoms with van der Waals surface area (Å²) in [5.74, 6) is 3.65. The van der Waals surface area contributed by atoms with Crippen LogP contribution < -0.4 is 16.5 Å². The molecule has 0 radical (unpaired) electrons. The molecule has 17 heteroatoms. The van der Waals surface area contributed by atoms with Crippen molar-refractivity contribution in [2.45, 2.75) is 123 Å². The van der Waals surface area contributed by atoms with Gasteiger partial charge in [0.05, 0.1) is 88.3 Å². The van der Waals surface area contributed by atoms with Gasteiger partial charge in [-0.05, 0) is 50.1 Å². The maximum absolute atomic E-state index is 14.5. The fourth-order valence-corrected chi connectivity index (χ4v) is 9.41. The standard InChI is InChI=1S/C47H79N7O9S/c1-10-12-21-54(41(56)32-50-46(58)42(33(3)4)52(7)23-24-61-25-26-62-27-28-63-48)43(34(5)11-2)39(59-8)31-40(55)53-22-16-19-38(53)44(60-9)35(6)45(57)51-37(47-49-20-29-64-47)30-36-17-14-13-15-18-36/h13-15,17-18,20,29,33-35,37-39,42-44H,10-12,16,19,21-28,30-32,48H2,1-9H3,(H,50,58)(H,51,57). The van der Waals surface area contributed by atoms with Gasteiger partial charge in [0.15, 0.2) is 0 Å². The van der Waals surface area contributed by atoms with Crippen LogP contribution in [0.2, 0.25) is 0 Å². The predicted octanol–water partition coefficient (Wildman–Crippen LogP) is 4.63. The van der Waals surface area contributed by atoms with E-state index in [1.165, 1.54) is 11.3 Å². The first-order valence-corrected chi connectivity index (χ1v) is 24.0. The minimum atomic E-state index is -0.618. The molecule has 3 rings (SSSR count). The largest absolute Gasteiger partial charge is 0.379 e. The molecule has 64 heavy (non-hydrogen) atoms. The second-order valence-electron chi connectivity index (χ2n) is 17.2. The Balaban J connectivity index is 1.72. The van der Waals surface area contributed by atoms with E-state index >= 15 is 0 Å². The number of likely N-dealkylation sites (tertiary alicyclic amines) is 1. The van der Waals surface area contributed by atoms with Crippen LogP contribution in [0.15, 0.2) is 41.9 Å². The molecule has 1 fully saturated rings. The maximum Gasteiger partial charge on any atom is 0.242 e. The third kappa shape index (κ3) is 17.0. The molecule has 1 aromatic heterocycles. The van der Waals surface area contributed by atoms with Crippen LogP contribution in [0.3, 0.4) is 0 Å². The van der Waals surface area contributed by atoms with E-state index in [9.17, 15) is 19.2 Å². The Kier molecular flexibility index (Phi) is 25.6. The van der Waals surface area contributed by atoms with Crippen molar-refractivity contribution in [1.29, 1.82) is 0 Å². The summed E-state index contributed by atoms with van der Waals surface area (Å²) in [4.78, 5) is 71.1. The lowest BCUT2D eigenvalue weighted by molar-refractivity contribution is -0.147. The van der Waals surface area contributed by atoms with Crippen LogP contribution in [-0.2, 0) is 49.4 Å². The Bertz CT molecular complexity index is 1620. The van der Waals surface area contributed by atoms with Crippen LogP contribution in [0, 0.1) is 17.8 Å². The Morgan fingerprint density at radius 2 is 1.66 bits per heavy atom. The van der Waals surface area contributed by atoms with E-state index in [4.69, 9.17) is 24.8 Å². The van der Waals surface area contributed by atoms with Crippen LogP contribution in [-0.4, -0.2) is 154 Å². The molecule has 4 amide bonds. The van der Waals surface area contributed by atoms with Crippen molar-refractivity contribution in [3.8, 4) is 0 Å². The maximum atomic E-state index is 14.5. The van der Waals surface area contributed by atoms with Gasteiger partial charge in [-0.1, -0.05) is 84.7 Å². The minimum absolute atomic E-state index is 0.0188. The van der Waals surface area contributed by atoms with Crippen LogP contribution >= 0.6 is 11.3 Å². The number of methoxy groups -OCH3 is 2. The van der Waals surface area contributed by atoms with Gasteiger partial charge in [0.2, 0.25) is 23.6 Å². The van der Waals surface area contributed by atoms with E-state index in [1.807, 2.05) is 78.2 Å². The molecule has 0 spiro atoms. The molecule has 0 aliphatic carbocycles. The SMILES string of the molecule is CCCCN(C(=O)CNC(=O)C(C(C)C)N(C)CCOCCOCCON)C(C(C)CC)C(CC(=O)N1CCCC1C(OC)C(C)C(=O)NC(Cc1ccccc1)c1nccs1)OC. The van der Waals surface area contributed by atoms with E-state index in [1.54, 1.807) is 20.4 Å². The Morgan fingerprint density at radius 3 is 2.27 bits per heavy atom. The number of hydrogen-bond donors (Lipinski definition) is 3. The van der Waals surface area contributed by atoms with Crippen molar-refractivity contribution >= 4 is 35.0 Å². The highest BCUT2D eigenvalue weighted by molar-refractivity contribution is 7.09. The molecule has 8 unspecified atom stereocenters. The Morgan fingerprint density at radius 1 is 0.953 bits per heavy atom. The van der Waals surface area contributed by atoms with E-state index < -0.39 is 30.2 Å². The quantitative estimate of drug-likeness (QED) is 0.0684. The molecule has 2 heterocycles. The summed E-state index contributed by atoms with van der Waals surface area (Å²) in [6, 6.07) is 8.45. The number of benzene rings is 1. The zero-order chi connectivity index (χ0) is 47.0. The van der Waals surface area contributed by atoms with Crippen molar-refractivity contribution in [1.82, 2.24) is 30.3 Å². The first-order chi connectivity index (χ1) is 30.8. The van der Waals surface area contributed by atoms with E-state index in [-0.39, 0.29) is 60.5 Å². The molecule has 0 saturated carbocycles. The number of nitrogens with one attached hydrogen (secondary N) is 2. The molecular formula is C47H79N7O9S. The zero-order valence-electron chi connectivity index (χ0n) is 40.0. The second-order valence-corrected chi connectivity index (χ2v) is 18.1. The lowest BCUT2D eigenvalue weighted by Crippen LogP contribution is -2.57. The smallest absolute Gasteiger partial charge is 0.242 e. The third-order valence-electron chi connectivity index (χ3n) is 12.3. The van der Waals surface area contributed by atoms with Gasteiger partial charge in [0, 0.05) is 45.4 Å². The number of aromatic nitrogens is 1. The van der Waals surface area contributed by atoms with Gasteiger partial charge in [0.1, 0.15) is 5.01 Å². The Hall–Kier alpha value is -3.55. The minimum Gasteiger partial charge on any atom is -0.379 e. The molecule has 8 atom stereocenters. The van der Waals surface area contributed by atoms with E-state index in [0.29, 0.717) is 65.5 Å². The summed E-state index contributed by atoms with van der Waals surface area (Å²) < 4.78 is 23.3. The first-order valence-electron chi connectivity index (χ1n) is 23.2. The molecule has 1 aliphatic rings. The van der Waals surface area contributed by atoms with Crippen LogP contribution in [0.25, 0.3) is 0 Å².